The van der Waals surface area contributed by atoms with Gasteiger partial charge in [0.15, 0.2) is 5.13 Å². The molecule has 3 heterocycles. The van der Waals surface area contributed by atoms with Gasteiger partial charge in [0.05, 0.1) is 23.1 Å². The lowest BCUT2D eigenvalue weighted by atomic mass is 9.91. The maximum atomic E-state index is 13.1. The fourth-order valence-electron chi connectivity index (χ4n) is 3.81. The van der Waals surface area contributed by atoms with Crippen molar-refractivity contribution < 1.29 is 14.3 Å². The number of hydrogen-bond acceptors (Lipinski definition) is 6. The Labute approximate surface area is 191 Å². The first-order valence-corrected chi connectivity index (χ1v) is 11.5. The molecule has 0 aliphatic carbocycles. The number of amides is 2. The minimum absolute atomic E-state index is 0.0773. The highest BCUT2D eigenvalue weighted by atomic mass is 32.1. The van der Waals surface area contributed by atoms with Gasteiger partial charge in [0.1, 0.15) is 5.60 Å². The topological polar surface area (TPSA) is 89.3 Å². The zero-order chi connectivity index (χ0) is 22.7. The van der Waals surface area contributed by atoms with Gasteiger partial charge in [0, 0.05) is 30.6 Å². The molecule has 0 unspecified atom stereocenters. The number of ether oxygens (including phenoxy) is 1. The summed E-state index contributed by atoms with van der Waals surface area (Å²) in [5.74, 6) is -0.153. The Morgan fingerprint density at radius 3 is 2.50 bits per heavy atom. The first kappa shape index (κ1) is 22.0. The predicted octanol–water partition coefficient (Wildman–Crippen LogP) is 4.70. The summed E-state index contributed by atoms with van der Waals surface area (Å²) in [6.07, 6.45) is 4.41. The van der Waals surface area contributed by atoms with Gasteiger partial charge in [0.25, 0.3) is 5.91 Å². The van der Waals surface area contributed by atoms with Gasteiger partial charge in [0.2, 0.25) is 0 Å². The third-order valence-corrected chi connectivity index (χ3v) is 5.93. The number of benzene rings is 1. The average Bonchev–Trinajstić information content (AvgIpc) is 3.43. The number of hydrogen-bond donors (Lipinski definition) is 1. The molecule has 0 spiro atoms. The predicted molar refractivity (Wildman–Crippen MR) is 123 cm³/mol. The summed E-state index contributed by atoms with van der Waals surface area (Å²) < 4.78 is 7.35. The molecule has 2 aromatic heterocycles. The van der Waals surface area contributed by atoms with E-state index in [1.54, 1.807) is 17.3 Å². The standard InChI is InChI=1S/C23H27N5O3S/c1-23(2,3)31-22(30)27-12-9-16(10-13-27)19-18(20(29)26-21-24-11-14-32-21)15-25-28(19)17-7-5-4-6-8-17/h4-8,11,14-16H,9-10,12-13H2,1-3H3,(H,24,26,29). The Morgan fingerprint density at radius 2 is 1.88 bits per heavy atom. The highest BCUT2D eigenvalue weighted by Crippen LogP contribution is 2.33. The summed E-state index contributed by atoms with van der Waals surface area (Å²) in [6.45, 7) is 6.72. The van der Waals surface area contributed by atoms with E-state index in [0.717, 1.165) is 24.2 Å². The molecule has 32 heavy (non-hydrogen) atoms. The summed E-state index contributed by atoms with van der Waals surface area (Å²) in [6, 6.07) is 9.77. The van der Waals surface area contributed by atoms with Gasteiger partial charge in [-0.25, -0.2) is 14.5 Å². The van der Waals surface area contributed by atoms with Crippen LogP contribution >= 0.6 is 11.3 Å². The van der Waals surface area contributed by atoms with Crippen molar-refractivity contribution in [2.45, 2.75) is 45.1 Å². The fraction of sp³-hybridized carbons (Fsp3) is 0.391. The van der Waals surface area contributed by atoms with E-state index in [-0.39, 0.29) is 17.9 Å². The third kappa shape index (κ3) is 4.99. The lowest BCUT2D eigenvalue weighted by Gasteiger charge is -2.34. The number of aromatic nitrogens is 3. The molecule has 8 nitrogen and oxygen atoms in total. The van der Waals surface area contributed by atoms with Gasteiger partial charge in [-0.15, -0.1) is 11.3 Å². The first-order valence-electron chi connectivity index (χ1n) is 10.6. The van der Waals surface area contributed by atoms with E-state index in [0.29, 0.717) is 23.8 Å². The number of anilines is 1. The molecule has 0 atom stereocenters. The highest BCUT2D eigenvalue weighted by Gasteiger charge is 2.32. The van der Waals surface area contributed by atoms with Crippen LogP contribution in [0, 0.1) is 0 Å². The van der Waals surface area contributed by atoms with Crippen LogP contribution in [0.2, 0.25) is 0 Å². The lowest BCUT2D eigenvalue weighted by molar-refractivity contribution is 0.0203. The Hall–Kier alpha value is -3.20. The second kappa shape index (κ2) is 9.12. The second-order valence-electron chi connectivity index (χ2n) is 8.72. The lowest BCUT2D eigenvalue weighted by Crippen LogP contribution is -2.41. The summed E-state index contributed by atoms with van der Waals surface area (Å²) in [5, 5.41) is 9.78. The molecule has 1 aromatic carbocycles. The van der Waals surface area contributed by atoms with Crippen molar-refractivity contribution in [3.05, 3.63) is 59.4 Å². The van der Waals surface area contributed by atoms with Gasteiger partial charge in [-0.05, 0) is 45.7 Å². The van der Waals surface area contributed by atoms with Crippen molar-refractivity contribution in [2.24, 2.45) is 0 Å². The van der Waals surface area contributed by atoms with Crippen molar-refractivity contribution in [2.75, 3.05) is 18.4 Å². The van der Waals surface area contributed by atoms with E-state index in [1.807, 2.05) is 61.2 Å². The molecule has 0 saturated carbocycles. The number of piperidine rings is 1. The Balaban J connectivity index is 1.58. The Kier molecular flexibility index (Phi) is 6.27. The Morgan fingerprint density at radius 1 is 1.16 bits per heavy atom. The molecule has 1 fully saturated rings. The number of nitrogens with zero attached hydrogens (tertiary/aromatic N) is 4. The number of likely N-dealkylation sites (tertiary alicyclic amines) is 1. The van der Waals surface area contributed by atoms with Crippen LogP contribution in [0.5, 0.6) is 0 Å². The number of carbonyl (C=O) groups is 2. The van der Waals surface area contributed by atoms with Gasteiger partial charge in [-0.1, -0.05) is 18.2 Å². The van der Waals surface area contributed by atoms with E-state index in [4.69, 9.17) is 4.74 Å². The minimum Gasteiger partial charge on any atom is -0.444 e. The van der Waals surface area contributed by atoms with Gasteiger partial charge < -0.3 is 9.64 Å². The molecule has 1 aliphatic heterocycles. The van der Waals surface area contributed by atoms with Crippen LogP contribution in [-0.4, -0.2) is 50.4 Å². The second-order valence-corrected chi connectivity index (χ2v) is 9.62. The van der Waals surface area contributed by atoms with Gasteiger partial charge in [-0.2, -0.15) is 5.10 Å². The molecule has 2 amide bonds. The monoisotopic (exact) mass is 453 g/mol. The van der Waals surface area contributed by atoms with E-state index in [1.165, 1.54) is 11.3 Å². The normalized spacial score (nSPS) is 14.9. The molecular formula is C23H27N5O3S. The minimum atomic E-state index is -0.527. The van der Waals surface area contributed by atoms with Crippen LogP contribution in [0.4, 0.5) is 9.93 Å². The number of carbonyl (C=O) groups excluding carboxylic acids is 2. The molecule has 4 rings (SSSR count). The quantitative estimate of drug-likeness (QED) is 0.619. The van der Waals surface area contributed by atoms with Crippen molar-refractivity contribution in [3.8, 4) is 5.69 Å². The fourth-order valence-corrected chi connectivity index (χ4v) is 4.34. The highest BCUT2D eigenvalue weighted by molar-refractivity contribution is 7.13. The SMILES string of the molecule is CC(C)(C)OC(=O)N1CCC(c2c(C(=O)Nc3nccs3)cnn2-c2ccccc2)CC1. The van der Waals surface area contributed by atoms with Crippen LogP contribution in [-0.2, 0) is 4.74 Å². The van der Waals surface area contributed by atoms with Gasteiger partial charge in [-0.3, -0.25) is 10.1 Å². The molecule has 0 bridgehead atoms. The van der Waals surface area contributed by atoms with Crippen LogP contribution in [0.1, 0.15) is 55.6 Å². The number of thiazole rings is 1. The molecule has 1 aliphatic rings. The molecule has 9 heteroatoms. The van der Waals surface area contributed by atoms with Crippen LogP contribution in [0.3, 0.4) is 0 Å². The van der Waals surface area contributed by atoms with Crippen molar-refractivity contribution in [3.63, 3.8) is 0 Å². The van der Waals surface area contributed by atoms with Crippen LogP contribution < -0.4 is 5.32 Å². The maximum Gasteiger partial charge on any atom is 0.410 e. The average molecular weight is 454 g/mol. The van der Waals surface area contributed by atoms with Crippen molar-refractivity contribution in [1.29, 1.82) is 0 Å². The summed E-state index contributed by atoms with van der Waals surface area (Å²) in [5.41, 5.74) is 1.75. The number of rotatable bonds is 4. The molecule has 3 aromatic rings. The van der Waals surface area contributed by atoms with Crippen LogP contribution in [0.15, 0.2) is 48.1 Å². The van der Waals surface area contributed by atoms with E-state index in [9.17, 15) is 9.59 Å². The van der Waals surface area contributed by atoms with Gasteiger partial charge >= 0.3 is 6.09 Å². The van der Waals surface area contributed by atoms with E-state index < -0.39 is 5.60 Å². The smallest absolute Gasteiger partial charge is 0.410 e. The van der Waals surface area contributed by atoms with Crippen molar-refractivity contribution in [1.82, 2.24) is 19.7 Å². The summed E-state index contributed by atoms with van der Waals surface area (Å²) in [7, 11) is 0. The summed E-state index contributed by atoms with van der Waals surface area (Å²) in [4.78, 5) is 31.4. The molecule has 168 valence electrons. The van der Waals surface area contributed by atoms with Crippen molar-refractivity contribution >= 4 is 28.5 Å². The third-order valence-electron chi connectivity index (χ3n) is 5.24. The van der Waals surface area contributed by atoms with Crippen LogP contribution in [0.25, 0.3) is 5.69 Å². The molecule has 0 radical (unpaired) electrons. The molecule has 1 N–H and O–H groups in total. The zero-order valence-corrected chi connectivity index (χ0v) is 19.3. The summed E-state index contributed by atoms with van der Waals surface area (Å²) >= 11 is 1.37. The molecule has 1 saturated heterocycles. The van der Waals surface area contributed by atoms with E-state index in [2.05, 4.69) is 15.4 Å². The Bertz CT molecular complexity index is 1070. The first-order chi connectivity index (χ1) is 15.3. The maximum absolute atomic E-state index is 13.1. The number of nitrogens with one attached hydrogen (secondary N) is 1. The number of para-hydroxylation sites is 1. The largest absolute Gasteiger partial charge is 0.444 e. The zero-order valence-electron chi connectivity index (χ0n) is 18.4. The van der Waals surface area contributed by atoms with E-state index >= 15 is 0 Å². The molecular weight excluding hydrogens is 426 g/mol.